The summed E-state index contributed by atoms with van der Waals surface area (Å²) in [6.45, 7) is 0.750. The van der Waals surface area contributed by atoms with Crippen molar-refractivity contribution >= 4 is 0 Å². The van der Waals surface area contributed by atoms with Crippen LogP contribution in [0.1, 0.15) is 24.8 Å². The third-order valence-electron chi connectivity index (χ3n) is 5.57. The molecule has 1 aromatic carbocycles. The second kappa shape index (κ2) is 4.14. The first kappa shape index (κ1) is 11.6. The molecule has 0 heterocycles. The highest BCUT2D eigenvalue weighted by molar-refractivity contribution is 5.45. The molecule has 0 amide bonds. The van der Waals surface area contributed by atoms with Gasteiger partial charge in [0.05, 0.1) is 7.11 Å². The number of rotatable bonds is 4. The van der Waals surface area contributed by atoms with Gasteiger partial charge in [0.1, 0.15) is 0 Å². The number of hydrogen-bond donors (Lipinski definition) is 2. The number of fused-ring (bicyclic) bond motifs is 5. The Bertz CT molecular complexity index is 486. The maximum absolute atomic E-state index is 10.1. The Labute approximate surface area is 114 Å². The molecule has 4 unspecified atom stereocenters. The second-order valence-electron chi connectivity index (χ2n) is 6.36. The summed E-state index contributed by atoms with van der Waals surface area (Å²) < 4.78 is 5.15. The van der Waals surface area contributed by atoms with Gasteiger partial charge in [0.15, 0.2) is 11.5 Å². The zero-order valence-electron chi connectivity index (χ0n) is 11.3. The fourth-order valence-corrected chi connectivity index (χ4v) is 4.70. The molecule has 2 N–H and O–H groups in total. The van der Waals surface area contributed by atoms with E-state index in [4.69, 9.17) is 4.74 Å². The smallest absolute Gasteiger partial charge is 0.162 e. The van der Waals surface area contributed by atoms with Gasteiger partial charge in [0, 0.05) is 18.2 Å². The molecule has 3 fully saturated rings. The Hall–Kier alpha value is -1.22. The van der Waals surface area contributed by atoms with Crippen molar-refractivity contribution < 1.29 is 9.84 Å². The van der Waals surface area contributed by atoms with Crippen LogP contribution >= 0.6 is 0 Å². The number of nitrogens with one attached hydrogen (secondary N) is 1. The van der Waals surface area contributed by atoms with Crippen molar-refractivity contribution in [1.82, 2.24) is 5.32 Å². The van der Waals surface area contributed by atoms with Gasteiger partial charge >= 0.3 is 0 Å². The SMILES string of the molecule is COc1cccc(CNC2C3C4CCC(C4)C23)c1O. The van der Waals surface area contributed by atoms with Gasteiger partial charge in [0.2, 0.25) is 0 Å². The Morgan fingerprint density at radius 3 is 2.68 bits per heavy atom. The summed E-state index contributed by atoms with van der Waals surface area (Å²) in [5.74, 6) is 4.71. The summed E-state index contributed by atoms with van der Waals surface area (Å²) in [4.78, 5) is 0. The van der Waals surface area contributed by atoms with Crippen molar-refractivity contribution in [3.05, 3.63) is 23.8 Å². The number of ether oxygens (including phenoxy) is 1. The Kier molecular flexibility index (Phi) is 2.52. The minimum absolute atomic E-state index is 0.284. The Balaban J connectivity index is 1.41. The van der Waals surface area contributed by atoms with Crippen molar-refractivity contribution in [2.75, 3.05) is 7.11 Å². The number of para-hydroxylation sites is 1. The normalized spacial score (nSPS) is 38.3. The van der Waals surface area contributed by atoms with Gasteiger partial charge in [-0.3, -0.25) is 0 Å². The zero-order valence-corrected chi connectivity index (χ0v) is 11.3. The highest BCUT2D eigenvalue weighted by Crippen LogP contribution is 2.65. The lowest BCUT2D eigenvalue weighted by molar-refractivity contribution is 0.368. The highest BCUT2D eigenvalue weighted by atomic mass is 16.5. The molecule has 0 spiro atoms. The molecular weight excluding hydrogens is 238 g/mol. The van der Waals surface area contributed by atoms with Gasteiger partial charge < -0.3 is 15.2 Å². The quantitative estimate of drug-likeness (QED) is 0.873. The van der Waals surface area contributed by atoms with E-state index in [9.17, 15) is 5.11 Å². The molecule has 3 aliphatic rings. The third kappa shape index (κ3) is 1.68. The maximum Gasteiger partial charge on any atom is 0.162 e. The molecule has 3 heteroatoms. The van der Waals surface area contributed by atoms with Crippen molar-refractivity contribution in [2.45, 2.75) is 31.8 Å². The molecule has 4 atom stereocenters. The summed E-state index contributed by atoms with van der Waals surface area (Å²) in [6.07, 6.45) is 4.39. The van der Waals surface area contributed by atoms with Crippen LogP contribution in [0.15, 0.2) is 18.2 Å². The number of phenolic OH excluding ortho intramolecular Hbond substituents is 1. The van der Waals surface area contributed by atoms with Crippen molar-refractivity contribution in [3.8, 4) is 11.5 Å². The van der Waals surface area contributed by atoms with E-state index >= 15 is 0 Å². The standard InChI is InChI=1S/C16H21NO2/c1-19-12-4-2-3-11(16(12)18)8-17-15-13-9-5-6-10(7-9)14(13)15/h2-4,9-10,13-15,17-18H,5-8H2,1H3. The zero-order chi connectivity index (χ0) is 13.0. The first-order valence-corrected chi connectivity index (χ1v) is 7.38. The molecule has 19 heavy (non-hydrogen) atoms. The van der Waals surface area contributed by atoms with E-state index in [1.165, 1.54) is 19.3 Å². The predicted molar refractivity (Wildman–Crippen MR) is 73.1 cm³/mol. The highest BCUT2D eigenvalue weighted by Gasteiger charge is 2.64. The predicted octanol–water partition coefficient (Wildman–Crippen LogP) is 2.53. The molecular formula is C16H21NO2. The maximum atomic E-state index is 10.1. The first-order chi connectivity index (χ1) is 9.29. The summed E-state index contributed by atoms with van der Waals surface area (Å²) in [7, 11) is 1.59. The minimum atomic E-state index is 0.284. The van der Waals surface area contributed by atoms with Gasteiger partial charge in [-0.1, -0.05) is 12.1 Å². The molecule has 1 aromatic rings. The fraction of sp³-hybridized carbons (Fsp3) is 0.625. The van der Waals surface area contributed by atoms with E-state index in [1.54, 1.807) is 13.2 Å². The molecule has 0 aliphatic heterocycles. The second-order valence-corrected chi connectivity index (χ2v) is 6.36. The number of benzene rings is 1. The molecule has 2 bridgehead atoms. The third-order valence-corrected chi connectivity index (χ3v) is 5.57. The molecule has 3 nitrogen and oxygen atoms in total. The molecule has 0 radical (unpaired) electrons. The van der Waals surface area contributed by atoms with Crippen LogP contribution in [0.4, 0.5) is 0 Å². The summed E-state index contributed by atoms with van der Waals surface area (Å²) in [5.41, 5.74) is 0.941. The van der Waals surface area contributed by atoms with E-state index in [2.05, 4.69) is 5.32 Å². The van der Waals surface area contributed by atoms with E-state index < -0.39 is 0 Å². The number of aromatic hydroxyl groups is 1. The topological polar surface area (TPSA) is 41.5 Å². The minimum Gasteiger partial charge on any atom is -0.504 e. The van der Waals surface area contributed by atoms with Gasteiger partial charge in [0.25, 0.3) is 0 Å². The van der Waals surface area contributed by atoms with Crippen LogP contribution in [0.3, 0.4) is 0 Å². The fourth-order valence-electron chi connectivity index (χ4n) is 4.70. The van der Waals surface area contributed by atoms with Crippen molar-refractivity contribution in [3.63, 3.8) is 0 Å². The van der Waals surface area contributed by atoms with E-state index in [0.717, 1.165) is 35.8 Å². The van der Waals surface area contributed by atoms with Crippen LogP contribution in [0.5, 0.6) is 11.5 Å². The monoisotopic (exact) mass is 259 g/mol. The van der Waals surface area contributed by atoms with Gasteiger partial charge in [-0.2, -0.15) is 0 Å². The molecule has 0 aromatic heterocycles. The Morgan fingerprint density at radius 2 is 2.00 bits per heavy atom. The largest absolute Gasteiger partial charge is 0.504 e. The van der Waals surface area contributed by atoms with Gasteiger partial charge in [-0.15, -0.1) is 0 Å². The van der Waals surface area contributed by atoms with Crippen LogP contribution in [-0.2, 0) is 6.54 Å². The number of phenols is 1. The average molecular weight is 259 g/mol. The number of methoxy groups -OCH3 is 1. The lowest BCUT2D eigenvalue weighted by atomic mass is 10.0. The van der Waals surface area contributed by atoms with Crippen LogP contribution in [0, 0.1) is 23.7 Å². The first-order valence-electron chi connectivity index (χ1n) is 7.38. The van der Waals surface area contributed by atoms with Crippen LogP contribution < -0.4 is 10.1 Å². The van der Waals surface area contributed by atoms with Crippen molar-refractivity contribution in [2.24, 2.45) is 23.7 Å². The van der Waals surface area contributed by atoms with Gasteiger partial charge in [-0.05, 0) is 49.0 Å². The van der Waals surface area contributed by atoms with E-state index in [1.807, 2.05) is 12.1 Å². The van der Waals surface area contributed by atoms with Crippen LogP contribution in [0.25, 0.3) is 0 Å². The summed E-state index contributed by atoms with van der Waals surface area (Å²) in [6, 6.07) is 6.41. The van der Waals surface area contributed by atoms with Crippen LogP contribution in [-0.4, -0.2) is 18.3 Å². The Morgan fingerprint density at radius 1 is 1.26 bits per heavy atom. The van der Waals surface area contributed by atoms with E-state index in [-0.39, 0.29) is 5.75 Å². The van der Waals surface area contributed by atoms with Crippen LogP contribution in [0.2, 0.25) is 0 Å². The van der Waals surface area contributed by atoms with Gasteiger partial charge in [-0.25, -0.2) is 0 Å². The average Bonchev–Trinajstić information content (AvgIpc) is 2.81. The van der Waals surface area contributed by atoms with Crippen molar-refractivity contribution in [1.29, 1.82) is 0 Å². The lowest BCUT2D eigenvalue weighted by Gasteiger charge is -2.12. The lowest BCUT2D eigenvalue weighted by Crippen LogP contribution is -2.22. The molecule has 102 valence electrons. The number of hydrogen-bond acceptors (Lipinski definition) is 3. The molecule has 0 saturated heterocycles. The molecule has 3 aliphatic carbocycles. The summed E-state index contributed by atoms with van der Waals surface area (Å²) >= 11 is 0. The summed E-state index contributed by atoms with van der Waals surface area (Å²) in [5, 5.41) is 13.7. The molecule has 3 saturated carbocycles. The van der Waals surface area contributed by atoms with E-state index in [0.29, 0.717) is 11.8 Å². The molecule has 4 rings (SSSR count).